The minimum Gasteiger partial charge on any atom is -0.375 e. The molecule has 0 atom stereocenters. The van der Waals surface area contributed by atoms with Crippen LogP contribution in [0.2, 0.25) is 4.47 Å². The van der Waals surface area contributed by atoms with Crippen molar-refractivity contribution in [3.05, 3.63) is 44.9 Å². The summed E-state index contributed by atoms with van der Waals surface area (Å²) in [6.07, 6.45) is 1.57. The number of benzene rings is 1. The van der Waals surface area contributed by atoms with Gasteiger partial charge < -0.3 is 5.32 Å². The molecule has 0 aliphatic heterocycles. The Morgan fingerprint density at radius 1 is 1.35 bits per heavy atom. The minimum absolute atomic E-state index is 0.125. The second-order valence-electron chi connectivity index (χ2n) is 3.54. The number of anilines is 1. The summed E-state index contributed by atoms with van der Waals surface area (Å²) in [6, 6.07) is 2.57. The zero-order chi connectivity index (χ0) is 12.4. The lowest BCUT2D eigenvalue weighted by atomic mass is 10.2. The van der Waals surface area contributed by atoms with Crippen LogP contribution in [-0.4, -0.2) is 4.98 Å². The zero-order valence-electron chi connectivity index (χ0n) is 8.93. The lowest BCUT2D eigenvalue weighted by Crippen LogP contribution is -2.03. The molecule has 2 nitrogen and oxygen atoms in total. The lowest BCUT2D eigenvalue weighted by molar-refractivity contribution is 0.586. The molecule has 0 unspecified atom stereocenters. The van der Waals surface area contributed by atoms with E-state index in [1.807, 2.05) is 0 Å². The number of aromatic nitrogens is 1. The van der Waals surface area contributed by atoms with Gasteiger partial charge in [0.1, 0.15) is 17.3 Å². The minimum atomic E-state index is -0.599. The highest BCUT2D eigenvalue weighted by Gasteiger charge is 2.10. The number of thiazole rings is 1. The molecular weight excluding hydrogens is 266 g/mol. The molecule has 0 amide bonds. The van der Waals surface area contributed by atoms with Gasteiger partial charge in [0.15, 0.2) is 4.47 Å². The van der Waals surface area contributed by atoms with E-state index < -0.39 is 11.6 Å². The van der Waals surface area contributed by atoms with Crippen LogP contribution in [0.5, 0.6) is 0 Å². The van der Waals surface area contributed by atoms with Crippen LogP contribution in [0.25, 0.3) is 0 Å². The fourth-order valence-electron chi connectivity index (χ4n) is 1.41. The Bertz CT molecular complexity index is 519. The topological polar surface area (TPSA) is 24.9 Å². The molecule has 0 aliphatic rings. The van der Waals surface area contributed by atoms with Crippen molar-refractivity contribution in [2.75, 3.05) is 5.32 Å². The molecule has 1 aromatic heterocycles. The third-order valence-corrected chi connectivity index (χ3v) is 3.27. The quantitative estimate of drug-likeness (QED) is 0.915. The fourth-order valence-corrected chi connectivity index (χ4v) is 2.33. The summed E-state index contributed by atoms with van der Waals surface area (Å²) < 4.78 is 27.4. The van der Waals surface area contributed by atoms with Crippen LogP contribution in [0.3, 0.4) is 0 Å². The number of hydrogen-bond donors (Lipinski definition) is 1. The van der Waals surface area contributed by atoms with Gasteiger partial charge in [0.05, 0.1) is 6.54 Å². The van der Waals surface area contributed by atoms with Crippen LogP contribution >= 0.6 is 22.9 Å². The third-order valence-electron chi connectivity index (χ3n) is 2.15. The predicted octanol–water partition coefficient (Wildman–Crippen LogP) is 4.00. The lowest BCUT2D eigenvalue weighted by Gasteiger charge is -2.08. The van der Waals surface area contributed by atoms with Gasteiger partial charge in [-0.15, -0.1) is 11.3 Å². The summed E-state index contributed by atoms with van der Waals surface area (Å²) in [6.45, 7) is 1.93. The van der Waals surface area contributed by atoms with Gasteiger partial charge >= 0.3 is 0 Å². The van der Waals surface area contributed by atoms with Crippen molar-refractivity contribution < 1.29 is 8.78 Å². The van der Waals surface area contributed by atoms with Crippen molar-refractivity contribution in [1.82, 2.24) is 4.98 Å². The van der Waals surface area contributed by atoms with Crippen molar-refractivity contribution in [3.8, 4) is 0 Å². The van der Waals surface area contributed by atoms with Gasteiger partial charge in [-0.05, 0) is 24.6 Å². The Balaban J connectivity index is 2.14. The summed E-state index contributed by atoms with van der Waals surface area (Å²) in [4.78, 5) is 4.66. The van der Waals surface area contributed by atoms with Crippen LogP contribution in [0.4, 0.5) is 14.5 Å². The zero-order valence-corrected chi connectivity index (χ0v) is 10.5. The molecule has 0 aliphatic carbocycles. The fraction of sp³-hybridized carbons (Fsp3) is 0.182. The van der Waals surface area contributed by atoms with E-state index in [9.17, 15) is 8.78 Å². The monoisotopic (exact) mass is 274 g/mol. The molecule has 1 N–H and O–H groups in total. The predicted molar refractivity (Wildman–Crippen MR) is 65.5 cm³/mol. The molecule has 0 bridgehead atoms. The molecule has 6 heteroatoms. The summed E-state index contributed by atoms with van der Waals surface area (Å²) in [7, 11) is 0. The maximum Gasteiger partial charge on any atom is 0.183 e. The number of hydrogen-bond acceptors (Lipinski definition) is 3. The molecular formula is C11H9ClF2N2S. The van der Waals surface area contributed by atoms with Crippen LogP contribution in [0.15, 0.2) is 18.3 Å². The highest BCUT2D eigenvalue weighted by molar-refractivity contribution is 7.15. The molecule has 1 heterocycles. The van der Waals surface area contributed by atoms with Crippen molar-refractivity contribution in [2.24, 2.45) is 0 Å². The first-order chi connectivity index (χ1) is 8.06. The molecule has 17 heavy (non-hydrogen) atoms. The molecule has 2 rings (SSSR count). The SMILES string of the molecule is Cc1cc(F)c(NCc2cnc(Cl)s2)c(F)c1. The smallest absolute Gasteiger partial charge is 0.183 e. The van der Waals surface area contributed by atoms with Crippen molar-refractivity contribution in [3.63, 3.8) is 0 Å². The molecule has 0 saturated carbocycles. The van der Waals surface area contributed by atoms with Gasteiger partial charge in [-0.3, -0.25) is 0 Å². The molecule has 0 radical (unpaired) electrons. The van der Waals surface area contributed by atoms with E-state index in [-0.39, 0.29) is 5.69 Å². The van der Waals surface area contributed by atoms with Crippen LogP contribution < -0.4 is 5.32 Å². The second kappa shape index (κ2) is 4.98. The number of nitrogens with one attached hydrogen (secondary N) is 1. The van der Waals surface area contributed by atoms with Gasteiger partial charge in [0.25, 0.3) is 0 Å². The van der Waals surface area contributed by atoms with E-state index >= 15 is 0 Å². The van der Waals surface area contributed by atoms with E-state index in [1.165, 1.54) is 23.5 Å². The number of nitrogens with zero attached hydrogens (tertiary/aromatic N) is 1. The first-order valence-electron chi connectivity index (χ1n) is 4.86. The van der Waals surface area contributed by atoms with Gasteiger partial charge in [0.2, 0.25) is 0 Å². The average Bonchev–Trinajstić information content (AvgIpc) is 2.62. The molecule has 0 spiro atoms. The van der Waals surface area contributed by atoms with E-state index in [1.54, 1.807) is 13.1 Å². The Kier molecular flexibility index (Phi) is 3.59. The van der Waals surface area contributed by atoms with Crippen molar-refractivity contribution in [2.45, 2.75) is 13.5 Å². The van der Waals surface area contributed by atoms with Gasteiger partial charge in [-0.1, -0.05) is 11.6 Å². The summed E-state index contributed by atoms with van der Waals surface area (Å²) in [5.74, 6) is -1.20. The van der Waals surface area contributed by atoms with Gasteiger partial charge in [-0.2, -0.15) is 0 Å². The molecule has 1 aromatic carbocycles. The molecule has 0 saturated heterocycles. The normalized spacial score (nSPS) is 10.6. The number of rotatable bonds is 3. The van der Waals surface area contributed by atoms with Crippen molar-refractivity contribution in [1.29, 1.82) is 0 Å². The molecule has 0 fully saturated rings. The summed E-state index contributed by atoms with van der Waals surface area (Å²) in [5, 5.41) is 2.70. The van der Waals surface area contributed by atoms with E-state index in [4.69, 9.17) is 11.6 Å². The largest absolute Gasteiger partial charge is 0.375 e. The van der Waals surface area contributed by atoms with Crippen LogP contribution in [0, 0.1) is 18.6 Å². The number of halogens is 3. The summed E-state index contributed by atoms with van der Waals surface area (Å²) >= 11 is 6.93. The maximum atomic E-state index is 13.5. The Hall–Kier alpha value is -1.20. The number of aryl methyl sites for hydroxylation is 1. The Labute approximate surface area is 106 Å². The Morgan fingerprint density at radius 2 is 2.00 bits per heavy atom. The van der Waals surface area contributed by atoms with E-state index in [0.29, 0.717) is 16.6 Å². The first kappa shape index (κ1) is 12.3. The average molecular weight is 275 g/mol. The van der Waals surface area contributed by atoms with E-state index in [2.05, 4.69) is 10.3 Å². The van der Waals surface area contributed by atoms with Gasteiger partial charge in [-0.25, -0.2) is 13.8 Å². The van der Waals surface area contributed by atoms with Crippen LogP contribution in [0.1, 0.15) is 10.4 Å². The van der Waals surface area contributed by atoms with Gasteiger partial charge in [0, 0.05) is 11.1 Å². The molecule has 2 aromatic rings. The standard InChI is InChI=1S/C11H9ClF2N2S/c1-6-2-8(13)10(9(14)3-6)15-4-7-5-16-11(12)17-7/h2-3,5,15H,4H2,1H3. The van der Waals surface area contributed by atoms with Crippen molar-refractivity contribution >= 4 is 28.6 Å². The second-order valence-corrected chi connectivity index (χ2v) is 5.23. The Morgan fingerprint density at radius 3 is 2.53 bits per heavy atom. The first-order valence-corrected chi connectivity index (χ1v) is 6.05. The summed E-state index contributed by atoms with van der Waals surface area (Å²) in [5.41, 5.74) is 0.423. The maximum absolute atomic E-state index is 13.5. The highest BCUT2D eigenvalue weighted by Crippen LogP contribution is 2.23. The van der Waals surface area contributed by atoms with E-state index in [0.717, 1.165) is 4.88 Å². The third kappa shape index (κ3) is 2.92. The highest BCUT2D eigenvalue weighted by atomic mass is 35.5. The molecule has 90 valence electrons. The van der Waals surface area contributed by atoms with Crippen LogP contribution in [-0.2, 0) is 6.54 Å².